The first-order chi connectivity index (χ1) is 5.16. The van der Waals surface area contributed by atoms with E-state index in [9.17, 15) is 8.13 Å². The summed E-state index contributed by atoms with van der Waals surface area (Å²) in [6.45, 7) is 0. The van der Waals surface area contributed by atoms with Crippen molar-refractivity contribution in [1.82, 2.24) is 0 Å². The average molecular weight is 188 g/mol. The Labute approximate surface area is 61.6 Å². The first-order valence-electron chi connectivity index (χ1n) is 3.26. The van der Waals surface area contributed by atoms with E-state index in [0.717, 1.165) is 0 Å². The van der Waals surface area contributed by atoms with Gasteiger partial charge in [-0.15, -0.1) is 0 Å². The van der Waals surface area contributed by atoms with Gasteiger partial charge in [0.05, 0.1) is 0 Å². The number of hydrogen-bond acceptors (Lipinski definition) is 1. The van der Waals surface area contributed by atoms with Crippen molar-refractivity contribution in [3.63, 3.8) is 0 Å². The third kappa shape index (κ3) is 1.72. The molecule has 0 aliphatic carbocycles. The van der Waals surface area contributed by atoms with Crippen LogP contribution in [0.5, 0.6) is 0 Å². The van der Waals surface area contributed by atoms with Crippen molar-refractivity contribution in [1.29, 1.82) is 0 Å². The van der Waals surface area contributed by atoms with Crippen molar-refractivity contribution < 1.29 is 10.9 Å². The van der Waals surface area contributed by atoms with E-state index in [2.05, 4.69) is 0 Å². The van der Waals surface area contributed by atoms with Gasteiger partial charge in [-0.1, -0.05) is 0 Å². The first-order valence-corrected chi connectivity index (χ1v) is 3.96. The van der Waals surface area contributed by atoms with Crippen LogP contribution in [0.15, 0.2) is 24.2 Å². The van der Waals surface area contributed by atoms with Crippen LogP contribution in [0.3, 0.4) is 0 Å². The molecule has 0 aliphatic heterocycles. The van der Waals surface area contributed by atoms with Crippen LogP contribution in [0.2, 0.25) is 0 Å². The van der Waals surface area contributed by atoms with Crippen LogP contribution in [0.4, 0.5) is 4.39 Å². The third-order valence-electron chi connectivity index (χ3n) is 0.787. The van der Waals surface area contributed by atoms with Crippen molar-refractivity contribution in [2.24, 2.45) is 0 Å². The summed E-state index contributed by atoms with van der Waals surface area (Å²) < 4.78 is 37.2. The molecular weight excluding hydrogens is 182 g/mol. The summed E-state index contributed by atoms with van der Waals surface area (Å²) in [6, 6.07) is 1.82. The second-order valence-corrected chi connectivity index (χ2v) is 2.79. The molecule has 0 aliphatic rings. The van der Waals surface area contributed by atoms with E-state index < -0.39 is 27.6 Å². The molecule has 1 rings (SSSR count). The number of benzene rings is 1. The van der Waals surface area contributed by atoms with E-state index in [1.807, 2.05) is 0 Å². The van der Waals surface area contributed by atoms with E-state index in [-0.39, 0.29) is 10.4 Å². The predicted molar refractivity (Wildman–Crippen MR) is 32.5 cm³/mol. The van der Waals surface area contributed by atoms with E-state index in [1.54, 1.807) is 0 Å². The summed E-state index contributed by atoms with van der Waals surface area (Å²) in [7, 11) is 0. The minimum atomic E-state index is -1.37. The molecule has 0 unspecified atom stereocenters. The zero-order valence-corrected chi connectivity index (χ0v) is 6.26. The molecule has 0 radical (unpaired) electrons. The summed E-state index contributed by atoms with van der Waals surface area (Å²) in [5.41, 5.74) is 0. The van der Waals surface area contributed by atoms with Crippen LogP contribution in [0.1, 0.15) is 2.74 Å². The molecular formula is C6H4AsFO. The fourth-order valence-corrected chi connectivity index (χ4v) is 1.02. The van der Waals surface area contributed by atoms with Crippen molar-refractivity contribution in [2.75, 3.05) is 0 Å². The van der Waals surface area contributed by atoms with Crippen LogP contribution < -0.4 is 4.35 Å². The van der Waals surface area contributed by atoms with Gasteiger partial charge in [0, 0.05) is 0 Å². The molecule has 0 heterocycles. The molecule has 0 bridgehead atoms. The Morgan fingerprint density at radius 2 is 2.56 bits per heavy atom. The fraction of sp³-hybridized carbons (Fsp3) is 0. The molecule has 0 fully saturated rings. The normalized spacial score (nSPS) is 13.0. The molecule has 46 valence electrons. The van der Waals surface area contributed by atoms with Gasteiger partial charge in [-0.3, -0.25) is 0 Å². The van der Waals surface area contributed by atoms with E-state index in [1.165, 1.54) is 12.1 Å². The monoisotopic (exact) mass is 188 g/mol. The van der Waals surface area contributed by atoms with Crippen LogP contribution in [-0.4, -0.2) is 15.7 Å². The van der Waals surface area contributed by atoms with Gasteiger partial charge in [0.25, 0.3) is 0 Å². The van der Waals surface area contributed by atoms with Gasteiger partial charge in [-0.2, -0.15) is 0 Å². The first kappa shape index (κ1) is 4.34. The maximum absolute atomic E-state index is 12.7. The maximum atomic E-state index is 12.7. The summed E-state index contributed by atoms with van der Waals surface area (Å²) in [5.74, 6) is -0.895. The second kappa shape index (κ2) is 2.88. The summed E-state index contributed by atoms with van der Waals surface area (Å²) in [6.07, 6.45) is 0. The van der Waals surface area contributed by atoms with Crippen molar-refractivity contribution in [3.05, 3.63) is 30.0 Å². The average Bonchev–Trinajstić information content (AvgIpc) is 2.01. The molecule has 9 heavy (non-hydrogen) atoms. The zero-order chi connectivity index (χ0) is 8.43. The van der Waals surface area contributed by atoms with Gasteiger partial charge in [-0.05, 0) is 0 Å². The topological polar surface area (TPSA) is 17.1 Å². The molecule has 3 heteroatoms. The zero-order valence-electron chi connectivity index (χ0n) is 6.39. The molecule has 0 spiro atoms. The van der Waals surface area contributed by atoms with Gasteiger partial charge in [0.15, 0.2) is 0 Å². The van der Waals surface area contributed by atoms with Crippen LogP contribution in [0.25, 0.3) is 0 Å². The van der Waals surface area contributed by atoms with Crippen LogP contribution in [0, 0.1) is 5.82 Å². The number of halogens is 1. The molecule has 0 N–H and O–H groups in total. The predicted octanol–water partition coefficient (Wildman–Crippen LogP) is 0.501. The van der Waals surface area contributed by atoms with Gasteiger partial charge < -0.3 is 0 Å². The molecule has 0 saturated heterocycles. The molecule has 0 saturated carbocycles. The van der Waals surface area contributed by atoms with Crippen molar-refractivity contribution in [3.8, 4) is 0 Å². The fourth-order valence-electron chi connectivity index (χ4n) is 0.437. The Kier molecular flexibility index (Phi) is 1.39. The summed E-state index contributed by atoms with van der Waals surface area (Å²) in [5, 5.41) is 0. The molecule has 1 aromatic rings. The van der Waals surface area contributed by atoms with E-state index in [4.69, 9.17) is 2.74 Å². The van der Waals surface area contributed by atoms with E-state index >= 15 is 0 Å². The van der Waals surface area contributed by atoms with Gasteiger partial charge in [-0.25, -0.2) is 0 Å². The Balaban J connectivity index is 3.36. The number of rotatable bonds is 1. The molecule has 0 amide bonds. The van der Waals surface area contributed by atoms with Gasteiger partial charge >= 0.3 is 60.9 Å². The van der Waals surface area contributed by atoms with Gasteiger partial charge in [0.2, 0.25) is 0 Å². The van der Waals surface area contributed by atoms with E-state index in [0.29, 0.717) is 0 Å². The Hall–Kier alpha value is -0.492. The standard InChI is InChI=1S/C6H4AsFO/c8-6-3-1-2-5(4-6)7-9/h1-4H/i3D,4D. The summed E-state index contributed by atoms with van der Waals surface area (Å²) >= 11 is -1.37. The van der Waals surface area contributed by atoms with Crippen LogP contribution >= 0.6 is 0 Å². The third-order valence-corrected chi connectivity index (χ3v) is 1.75. The Bertz CT molecular complexity index is 303. The molecule has 0 aromatic heterocycles. The minimum absolute atomic E-state index is 0.190. The molecule has 0 atom stereocenters. The van der Waals surface area contributed by atoms with Crippen molar-refractivity contribution >= 4 is 20.0 Å². The summed E-state index contributed by atoms with van der Waals surface area (Å²) in [4.78, 5) is 0. The van der Waals surface area contributed by atoms with Crippen LogP contribution in [-0.2, 0) is 3.74 Å². The molecule has 1 aromatic carbocycles. The second-order valence-electron chi connectivity index (χ2n) is 1.39. The quantitative estimate of drug-likeness (QED) is 0.586. The van der Waals surface area contributed by atoms with Gasteiger partial charge in [0.1, 0.15) is 0 Å². The molecule has 1 nitrogen and oxygen atoms in total. The number of hydrogen-bond donors (Lipinski definition) is 0. The van der Waals surface area contributed by atoms with Crippen molar-refractivity contribution in [2.45, 2.75) is 0 Å². The Morgan fingerprint density at radius 1 is 1.78 bits per heavy atom. The SMILES string of the molecule is [2H]c1ccc([As]=O)c([2H])c1F. The Morgan fingerprint density at radius 3 is 3.22 bits per heavy atom.